The molecule has 0 amide bonds. The van der Waals surface area contributed by atoms with Gasteiger partial charge < -0.3 is 5.73 Å². The maximum Gasteiger partial charge on any atom is 0.215 e. The Morgan fingerprint density at radius 2 is 1.92 bits per heavy atom. The second-order valence-electron chi connectivity index (χ2n) is 3.55. The summed E-state index contributed by atoms with van der Waals surface area (Å²) in [6.07, 6.45) is 0.559. The normalized spacial score (nSPS) is 14.8. The smallest absolute Gasteiger partial charge is 0.215 e. The van der Waals surface area contributed by atoms with Gasteiger partial charge in [0, 0.05) is 13.1 Å². The predicted octanol–water partition coefficient (Wildman–Crippen LogP) is 0.299. The Labute approximate surface area is 80.9 Å². The molecule has 1 atom stereocenters. The van der Waals surface area contributed by atoms with E-state index in [4.69, 9.17) is 5.73 Å². The van der Waals surface area contributed by atoms with Crippen molar-refractivity contribution in [2.75, 3.05) is 13.1 Å². The minimum Gasteiger partial charge on any atom is -0.329 e. The van der Waals surface area contributed by atoms with Crippen LogP contribution in [0.25, 0.3) is 0 Å². The van der Waals surface area contributed by atoms with Gasteiger partial charge >= 0.3 is 0 Å². The number of nitrogens with two attached hydrogens (primary N) is 1. The van der Waals surface area contributed by atoms with Crippen molar-refractivity contribution < 1.29 is 8.42 Å². The van der Waals surface area contributed by atoms with E-state index in [1.165, 1.54) is 0 Å². The molecule has 0 saturated heterocycles. The van der Waals surface area contributed by atoms with Gasteiger partial charge in [-0.3, -0.25) is 0 Å². The molecule has 0 heterocycles. The lowest BCUT2D eigenvalue weighted by Crippen LogP contribution is -2.40. The Bertz CT molecular complexity index is 220. The number of nitrogens with one attached hydrogen (secondary N) is 1. The van der Waals surface area contributed by atoms with Gasteiger partial charge in [-0.15, -0.1) is 0 Å². The minimum atomic E-state index is -3.19. The number of hydrogen-bond donors (Lipinski definition) is 2. The van der Waals surface area contributed by atoms with Gasteiger partial charge in [-0.25, -0.2) is 13.1 Å². The molecule has 0 fully saturated rings. The highest BCUT2D eigenvalue weighted by Gasteiger charge is 2.21. The third-order valence-corrected chi connectivity index (χ3v) is 3.82. The first-order valence-electron chi connectivity index (χ1n) is 4.62. The van der Waals surface area contributed by atoms with E-state index in [1.807, 2.05) is 20.8 Å². The summed E-state index contributed by atoms with van der Waals surface area (Å²) in [6, 6.07) is 0. The highest BCUT2D eigenvalue weighted by molar-refractivity contribution is 7.90. The van der Waals surface area contributed by atoms with E-state index >= 15 is 0 Å². The summed E-state index contributed by atoms with van der Waals surface area (Å²) in [4.78, 5) is 0. The molecule has 0 aromatic carbocycles. The first-order valence-corrected chi connectivity index (χ1v) is 6.17. The summed E-state index contributed by atoms with van der Waals surface area (Å²) in [6.45, 7) is 6.42. The van der Waals surface area contributed by atoms with Crippen LogP contribution in [0.4, 0.5) is 0 Å². The highest BCUT2D eigenvalue weighted by Crippen LogP contribution is 2.02. The van der Waals surface area contributed by atoms with Crippen molar-refractivity contribution in [1.82, 2.24) is 4.72 Å². The first kappa shape index (κ1) is 12.9. The molecule has 5 heteroatoms. The fourth-order valence-electron chi connectivity index (χ4n) is 0.913. The minimum absolute atomic E-state index is 0.184. The molecule has 13 heavy (non-hydrogen) atoms. The van der Waals surface area contributed by atoms with Crippen LogP contribution in [0.3, 0.4) is 0 Å². The summed E-state index contributed by atoms with van der Waals surface area (Å²) < 4.78 is 25.6. The van der Waals surface area contributed by atoms with Gasteiger partial charge in [-0.2, -0.15) is 0 Å². The van der Waals surface area contributed by atoms with E-state index in [1.54, 1.807) is 0 Å². The van der Waals surface area contributed by atoms with Gasteiger partial charge in [0.1, 0.15) is 0 Å². The predicted molar refractivity (Wildman–Crippen MR) is 54.9 cm³/mol. The lowest BCUT2D eigenvalue weighted by molar-refractivity contribution is 0.543. The van der Waals surface area contributed by atoms with Crippen LogP contribution in [0.15, 0.2) is 0 Å². The van der Waals surface area contributed by atoms with Crippen molar-refractivity contribution in [3.63, 3.8) is 0 Å². The molecule has 4 nitrogen and oxygen atoms in total. The molecule has 0 rings (SSSR count). The second-order valence-corrected chi connectivity index (χ2v) is 5.60. The van der Waals surface area contributed by atoms with Crippen molar-refractivity contribution in [1.29, 1.82) is 0 Å². The fourth-order valence-corrected chi connectivity index (χ4v) is 2.41. The topological polar surface area (TPSA) is 72.2 Å². The Kier molecular flexibility index (Phi) is 5.51. The molecule has 0 bridgehead atoms. The number of rotatable bonds is 6. The van der Waals surface area contributed by atoms with E-state index in [0.29, 0.717) is 18.9 Å². The first-order chi connectivity index (χ1) is 5.94. The third kappa shape index (κ3) is 4.59. The second kappa shape index (κ2) is 5.57. The molecule has 0 aromatic heterocycles. The average molecular weight is 208 g/mol. The average Bonchev–Trinajstić information content (AvgIpc) is 2.03. The molecule has 0 aromatic rings. The molecule has 0 saturated carbocycles. The van der Waals surface area contributed by atoms with Gasteiger partial charge in [0.15, 0.2) is 0 Å². The van der Waals surface area contributed by atoms with Crippen molar-refractivity contribution in [3.05, 3.63) is 0 Å². The Balaban J connectivity index is 4.22. The van der Waals surface area contributed by atoms with E-state index in [0.717, 1.165) is 0 Å². The molecular weight excluding hydrogens is 188 g/mol. The lowest BCUT2D eigenvalue weighted by atomic mass is 10.2. The molecule has 80 valence electrons. The maximum atomic E-state index is 11.5. The van der Waals surface area contributed by atoms with E-state index in [2.05, 4.69) is 4.72 Å². The zero-order chi connectivity index (χ0) is 10.5. The van der Waals surface area contributed by atoms with Gasteiger partial charge in [-0.1, -0.05) is 20.8 Å². The van der Waals surface area contributed by atoms with Gasteiger partial charge in [0.25, 0.3) is 0 Å². The summed E-state index contributed by atoms with van der Waals surface area (Å²) in [5.41, 5.74) is 5.36. The number of sulfonamides is 1. The van der Waals surface area contributed by atoms with Crippen LogP contribution in [0.2, 0.25) is 0 Å². The summed E-state index contributed by atoms with van der Waals surface area (Å²) in [7, 11) is -3.19. The van der Waals surface area contributed by atoms with E-state index in [-0.39, 0.29) is 6.54 Å². The van der Waals surface area contributed by atoms with E-state index in [9.17, 15) is 8.42 Å². The monoisotopic (exact) mass is 208 g/mol. The fraction of sp³-hybridized carbons (Fsp3) is 1.00. The van der Waals surface area contributed by atoms with Gasteiger partial charge in [-0.05, 0) is 12.3 Å². The molecule has 0 spiro atoms. The highest BCUT2D eigenvalue weighted by atomic mass is 32.2. The van der Waals surface area contributed by atoms with Crippen molar-refractivity contribution in [2.24, 2.45) is 11.7 Å². The van der Waals surface area contributed by atoms with Crippen molar-refractivity contribution >= 4 is 10.0 Å². The lowest BCUT2D eigenvalue weighted by Gasteiger charge is -2.15. The molecule has 1 unspecified atom stereocenters. The van der Waals surface area contributed by atoms with Crippen LogP contribution in [0.1, 0.15) is 27.2 Å². The largest absolute Gasteiger partial charge is 0.329 e. The van der Waals surface area contributed by atoms with Crippen LogP contribution in [-0.4, -0.2) is 26.8 Å². The standard InChI is InChI=1S/C8H20N2O2S/c1-4-8(5-9)13(11,12)10-6-7(2)3/h7-8,10H,4-6,9H2,1-3H3. The van der Waals surface area contributed by atoms with Crippen LogP contribution in [0.5, 0.6) is 0 Å². The van der Waals surface area contributed by atoms with E-state index < -0.39 is 15.3 Å². The number of hydrogen-bond acceptors (Lipinski definition) is 3. The summed E-state index contributed by atoms with van der Waals surface area (Å²) in [5.74, 6) is 0.324. The zero-order valence-electron chi connectivity index (χ0n) is 8.58. The van der Waals surface area contributed by atoms with Crippen LogP contribution < -0.4 is 10.5 Å². The Morgan fingerprint density at radius 3 is 2.23 bits per heavy atom. The summed E-state index contributed by atoms with van der Waals surface area (Å²) >= 11 is 0. The molecular formula is C8H20N2O2S. The molecule has 0 aliphatic heterocycles. The van der Waals surface area contributed by atoms with Crippen LogP contribution in [-0.2, 0) is 10.0 Å². The third-order valence-electron chi connectivity index (χ3n) is 1.85. The maximum absolute atomic E-state index is 11.5. The van der Waals surface area contributed by atoms with Crippen LogP contribution in [0, 0.1) is 5.92 Å². The van der Waals surface area contributed by atoms with Crippen molar-refractivity contribution in [2.45, 2.75) is 32.4 Å². The molecule has 3 N–H and O–H groups in total. The van der Waals surface area contributed by atoms with Gasteiger partial charge in [0.05, 0.1) is 5.25 Å². The van der Waals surface area contributed by atoms with Crippen molar-refractivity contribution in [3.8, 4) is 0 Å². The quantitative estimate of drug-likeness (QED) is 0.659. The van der Waals surface area contributed by atoms with Crippen LogP contribution >= 0.6 is 0 Å². The Hall–Kier alpha value is -0.130. The SMILES string of the molecule is CCC(CN)S(=O)(=O)NCC(C)C. The zero-order valence-corrected chi connectivity index (χ0v) is 9.39. The molecule has 0 radical (unpaired) electrons. The summed E-state index contributed by atoms with van der Waals surface area (Å²) in [5, 5.41) is -0.453. The molecule has 0 aliphatic rings. The molecule has 0 aliphatic carbocycles. The van der Waals surface area contributed by atoms with Gasteiger partial charge in [0.2, 0.25) is 10.0 Å². The Morgan fingerprint density at radius 1 is 1.38 bits per heavy atom.